The summed E-state index contributed by atoms with van der Waals surface area (Å²) in [6.45, 7) is 7.53. The minimum atomic E-state index is -0.0485. The van der Waals surface area contributed by atoms with Gasteiger partial charge in [-0.1, -0.05) is 209 Å². The van der Waals surface area contributed by atoms with Crippen LogP contribution in [-0.2, 0) is 18.3 Å². The fourth-order valence-electron chi connectivity index (χ4n) is 11.5. The van der Waals surface area contributed by atoms with Gasteiger partial charge in [0.15, 0.2) is 0 Å². The van der Waals surface area contributed by atoms with Crippen LogP contribution in [0.4, 0.5) is 57.0 Å². The average Bonchev–Trinajstić information content (AvgIpc) is 4.22. The summed E-state index contributed by atoms with van der Waals surface area (Å²) in [5.41, 5.74) is 23.6. The molecule has 368 valence electrons. The molecule has 0 bridgehead atoms. The van der Waals surface area contributed by atoms with Gasteiger partial charge in [0.1, 0.15) is 12.5 Å². The summed E-state index contributed by atoms with van der Waals surface area (Å²) in [6.07, 6.45) is 3.92. The zero-order valence-electron chi connectivity index (χ0n) is 43.2. The van der Waals surface area contributed by atoms with E-state index in [4.69, 9.17) is 0 Å². The van der Waals surface area contributed by atoms with Crippen molar-refractivity contribution in [3.8, 4) is 44.5 Å². The van der Waals surface area contributed by atoms with E-state index in [-0.39, 0.29) is 5.41 Å². The zero-order chi connectivity index (χ0) is 51.2. The molecule has 5 heteroatoms. The quantitative estimate of drug-likeness (QED) is 0.156. The Balaban J connectivity index is 0.903. The second-order valence-corrected chi connectivity index (χ2v) is 21.0. The van der Waals surface area contributed by atoms with E-state index in [0.29, 0.717) is 6.67 Å². The summed E-state index contributed by atoms with van der Waals surface area (Å²) < 4.78 is 0. The van der Waals surface area contributed by atoms with Crippen LogP contribution >= 0.6 is 0 Å². The van der Waals surface area contributed by atoms with Gasteiger partial charge in [0.05, 0.1) is 39.8 Å². The molecular weight excluding hydrogens is 923 g/mol. The van der Waals surface area contributed by atoms with E-state index >= 15 is 0 Å². The highest BCUT2D eigenvalue weighted by Crippen LogP contribution is 2.54. The molecule has 1 N–H and O–H groups in total. The van der Waals surface area contributed by atoms with Gasteiger partial charge in [-0.15, -0.1) is 0 Å². The van der Waals surface area contributed by atoms with E-state index in [1.54, 1.807) is 0 Å². The van der Waals surface area contributed by atoms with Crippen molar-refractivity contribution in [2.24, 2.45) is 0 Å². The predicted molar refractivity (Wildman–Crippen MR) is 320 cm³/mol. The lowest BCUT2D eigenvalue weighted by molar-refractivity contribution is 0.591. The molecular formula is C71H59N5. The summed E-state index contributed by atoms with van der Waals surface area (Å²) in [6, 6.07) is 93.5. The maximum Gasteiger partial charge on any atom is 0.115 e. The molecule has 1 aromatic heterocycles. The lowest BCUT2D eigenvalue weighted by Crippen LogP contribution is -2.25. The second kappa shape index (κ2) is 19.5. The molecule has 11 aromatic rings. The van der Waals surface area contributed by atoms with Crippen LogP contribution in [0.1, 0.15) is 37.5 Å². The Labute approximate surface area is 447 Å². The average molecular weight is 982 g/mol. The van der Waals surface area contributed by atoms with Crippen LogP contribution < -0.4 is 19.6 Å². The summed E-state index contributed by atoms with van der Waals surface area (Å²) >= 11 is 0. The Bertz CT molecular complexity index is 3810. The highest BCUT2D eigenvalue weighted by Gasteiger charge is 2.33. The Morgan fingerprint density at radius 1 is 0.355 bits per heavy atom. The Morgan fingerprint density at radius 3 is 1.37 bits per heavy atom. The first-order valence-electron chi connectivity index (χ1n) is 26.6. The molecule has 2 aliphatic heterocycles. The second-order valence-electron chi connectivity index (χ2n) is 21.0. The molecule has 0 saturated carbocycles. The van der Waals surface area contributed by atoms with Crippen molar-refractivity contribution in [2.45, 2.75) is 39.0 Å². The van der Waals surface area contributed by atoms with Crippen LogP contribution in [0.3, 0.4) is 0 Å². The van der Waals surface area contributed by atoms with Crippen molar-refractivity contribution in [1.82, 2.24) is 4.98 Å². The van der Waals surface area contributed by atoms with Gasteiger partial charge in [-0.25, -0.2) is 0 Å². The molecule has 3 heterocycles. The van der Waals surface area contributed by atoms with Gasteiger partial charge in [0.25, 0.3) is 0 Å². The van der Waals surface area contributed by atoms with Gasteiger partial charge in [0.2, 0.25) is 0 Å². The van der Waals surface area contributed by atoms with Crippen LogP contribution in [0.5, 0.6) is 0 Å². The number of H-pyrrole nitrogens is 1. The molecule has 5 nitrogen and oxygen atoms in total. The predicted octanol–water partition coefficient (Wildman–Crippen LogP) is 19.3. The fraction of sp³-hybridized carbons (Fsp3) is 0.0986. The molecule has 0 radical (unpaired) electrons. The van der Waals surface area contributed by atoms with Crippen LogP contribution in [0, 0.1) is 0 Å². The molecule has 0 aliphatic carbocycles. The van der Waals surface area contributed by atoms with Crippen molar-refractivity contribution in [3.63, 3.8) is 0 Å². The first-order valence-corrected chi connectivity index (χ1v) is 26.6. The van der Waals surface area contributed by atoms with Gasteiger partial charge < -0.3 is 19.7 Å². The first-order chi connectivity index (χ1) is 37.4. The fourth-order valence-corrected chi connectivity index (χ4v) is 11.5. The lowest BCUT2D eigenvalue weighted by Gasteiger charge is -2.35. The van der Waals surface area contributed by atoms with Crippen LogP contribution in [0.2, 0.25) is 0 Å². The molecule has 0 atom stereocenters. The number of aromatic amines is 1. The van der Waals surface area contributed by atoms with Gasteiger partial charge in [0, 0.05) is 51.0 Å². The molecule has 2 aliphatic rings. The zero-order valence-corrected chi connectivity index (χ0v) is 43.2. The van der Waals surface area contributed by atoms with E-state index in [0.717, 1.165) is 69.4 Å². The number of nitrogens with one attached hydrogen (secondary N) is 1. The van der Waals surface area contributed by atoms with Crippen LogP contribution in [0.25, 0.3) is 44.5 Å². The standard InChI is InChI=1S/C71H59N5/c1-71(2,3)54-47-69(72-48-54)76-65-38-18-15-32-60(65)59-31-13-16-36-63(59)75(55-28-11-6-12-29-55)64-37-17-14-33-61(64)62-44-43-51(46-68(62)76)42-41-50-23-21-30-56(45-50)73-49-74(67-40-20-19-39-66(67)73)70-57(52-24-7-4-8-25-52)34-22-35-58(70)53-26-9-5-10-27-53/h4-40,43-48,72H,41-42,49H2,1-3H3. The number of aryl methyl sites for hydroxylation is 2. The Hall–Kier alpha value is -9.32. The smallest absolute Gasteiger partial charge is 0.115 e. The molecule has 0 saturated heterocycles. The van der Waals surface area contributed by atoms with Crippen molar-refractivity contribution >= 4 is 57.0 Å². The van der Waals surface area contributed by atoms with Gasteiger partial charge in [-0.2, -0.15) is 0 Å². The van der Waals surface area contributed by atoms with E-state index in [1.165, 1.54) is 61.7 Å². The van der Waals surface area contributed by atoms with Gasteiger partial charge in [-0.3, -0.25) is 4.90 Å². The van der Waals surface area contributed by atoms with Crippen molar-refractivity contribution in [2.75, 3.05) is 26.3 Å². The number of benzene rings is 10. The lowest BCUT2D eigenvalue weighted by atomic mass is 9.89. The molecule has 0 fully saturated rings. The molecule has 0 unspecified atom stereocenters. The number of anilines is 10. The molecule has 10 aromatic carbocycles. The molecule has 0 spiro atoms. The third-order valence-electron chi connectivity index (χ3n) is 15.3. The number of nitrogens with zero attached hydrogens (tertiary/aromatic N) is 4. The minimum absolute atomic E-state index is 0.0485. The number of aromatic nitrogens is 1. The van der Waals surface area contributed by atoms with E-state index < -0.39 is 0 Å². The maximum atomic E-state index is 3.79. The number of hydrogen-bond donors (Lipinski definition) is 1. The van der Waals surface area contributed by atoms with Crippen LogP contribution in [0.15, 0.2) is 261 Å². The normalized spacial score (nSPS) is 12.9. The van der Waals surface area contributed by atoms with Crippen molar-refractivity contribution < 1.29 is 0 Å². The highest BCUT2D eigenvalue weighted by atomic mass is 15.4. The third kappa shape index (κ3) is 8.50. The molecule has 13 rings (SSSR count). The third-order valence-corrected chi connectivity index (χ3v) is 15.3. The van der Waals surface area contributed by atoms with E-state index in [2.05, 4.69) is 306 Å². The Morgan fingerprint density at radius 2 is 0.803 bits per heavy atom. The number of hydrogen-bond acceptors (Lipinski definition) is 4. The SMILES string of the molecule is CC(C)(C)c1c[nH]c(N2c3ccccc3-c3ccccc3N(c3ccccc3)c3ccccc3-c3ccc(CCc4cccc(N5CN(c6c(-c7ccccc7)cccc6-c6ccccc6)c6ccccc65)c4)cc32)c1. The topological polar surface area (TPSA) is 28.8 Å². The van der Waals surface area contributed by atoms with E-state index in [9.17, 15) is 0 Å². The largest absolute Gasteiger partial charge is 0.347 e. The minimum Gasteiger partial charge on any atom is -0.347 e. The van der Waals surface area contributed by atoms with Gasteiger partial charge >= 0.3 is 0 Å². The molecule has 76 heavy (non-hydrogen) atoms. The number of fused-ring (bicyclic) bond motifs is 7. The highest BCUT2D eigenvalue weighted by molar-refractivity contribution is 6.03. The number of para-hydroxylation sites is 7. The summed E-state index contributed by atoms with van der Waals surface area (Å²) in [5.74, 6) is 1.03. The Kier molecular flexibility index (Phi) is 11.9. The summed E-state index contributed by atoms with van der Waals surface area (Å²) in [4.78, 5) is 13.7. The monoisotopic (exact) mass is 981 g/mol. The number of rotatable bonds is 9. The van der Waals surface area contributed by atoms with Gasteiger partial charge in [-0.05, 0) is 113 Å². The molecule has 0 amide bonds. The summed E-state index contributed by atoms with van der Waals surface area (Å²) in [5, 5.41) is 0. The van der Waals surface area contributed by atoms with Crippen molar-refractivity contribution in [1.29, 1.82) is 0 Å². The van der Waals surface area contributed by atoms with E-state index in [1.807, 2.05) is 0 Å². The van der Waals surface area contributed by atoms with Crippen LogP contribution in [-0.4, -0.2) is 11.7 Å². The first kappa shape index (κ1) is 46.5. The van der Waals surface area contributed by atoms with Crippen molar-refractivity contribution in [3.05, 3.63) is 278 Å². The maximum absolute atomic E-state index is 3.79. The summed E-state index contributed by atoms with van der Waals surface area (Å²) in [7, 11) is 0.